The molecule has 3 N–H and O–H groups in total. The van der Waals surface area contributed by atoms with Crippen molar-refractivity contribution in [3.05, 3.63) is 65.4 Å². The topological polar surface area (TPSA) is 104 Å². The average Bonchev–Trinajstić information content (AvgIpc) is 3.16. The zero-order chi connectivity index (χ0) is 20.5. The van der Waals surface area contributed by atoms with Crippen molar-refractivity contribution in [3.8, 4) is 22.9 Å². The van der Waals surface area contributed by atoms with Gasteiger partial charge in [-0.1, -0.05) is 24.3 Å². The minimum atomic E-state index is -0.514. The van der Waals surface area contributed by atoms with Crippen molar-refractivity contribution in [3.63, 3.8) is 0 Å². The zero-order valence-corrected chi connectivity index (χ0v) is 16.3. The second-order valence-corrected chi connectivity index (χ2v) is 6.64. The maximum absolute atomic E-state index is 12.3. The van der Waals surface area contributed by atoms with Gasteiger partial charge in [0.1, 0.15) is 17.5 Å². The molecule has 1 amide bonds. The summed E-state index contributed by atoms with van der Waals surface area (Å²) >= 11 is 0. The standard InChI is InChI=1S/C21H21N5O3/c1-12-17(19(22)27)18(13-7-9-15(28-2)10-8-13)26-21(23-12)24-20(25-26)14-5-4-6-16(11-14)29-3/h4-11,18H,1-3H3,(H2,22,27)(H,23,24,25). The number of rotatable bonds is 5. The lowest BCUT2D eigenvalue weighted by molar-refractivity contribution is -0.115. The van der Waals surface area contributed by atoms with E-state index in [9.17, 15) is 4.79 Å². The lowest BCUT2D eigenvalue weighted by atomic mass is 9.95. The molecule has 1 aromatic heterocycles. The lowest BCUT2D eigenvalue weighted by Gasteiger charge is -2.27. The van der Waals surface area contributed by atoms with Gasteiger partial charge < -0.3 is 20.5 Å². The molecule has 0 saturated carbocycles. The molecular weight excluding hydrogens is 370 g/mol. The highest BCUT2D eigenvalue weighted by Gasteiger charge is 2.33. The summed E-state index contributed by atoms with van der Waals surface area (Å²) < 4.78 is 12.2. The molecular formula is C21H21N5O3. The number of aromatic nitrogens is 3. The number of hydrogen-bond donors (Lipinski definition) is 2. The highest BCUT2D eigenvalue weighted by molar-refractivity contribution is 5.95. The van der Waals surface area contributed by atoms with E-state index in [-0.39, 0.29) is 0 Å². The molecule has 1 atom stereocenters. The third-order valence-corrected chi connectivity index (χ3v) is 4.88. The largest absolute Gasteiger partial charge is 0.497 e. The monoisotopic (exact) mass is 391 g/mol. The molecule has 4 rings (SSSR count). The minimum Gasteiger partial charge on any atom is -0.497 e. The number of amides is 1. The van der Waals surface area contributed by atoms with Gasteiger partial charge in [0.25, 0.3) is 0 Å². The number of nitrogens with one attached hydrogen (secondary N) is 1. The molecule has 8 nitrogen and oxygen atoms in total. The number of methoxy groups -OCH3 is 2. The van der Waals surface area contributed by atoms with E-state index in [2.05, 4.69) is 15.4 Å². The van der Waals surface area contributed by atoms with Gasteiger partial charge in [-0.2, -0.15) is 4.98 Å². The number of nitrogens with zero attached hydrogens (tertiary/aromatic N) is 3. The number of carbonyl (C=O) groups excluding carboxylic acids is 1. The average molecular weight is 391 g/mol. The van der Waals surface area contributed by atoms with Crippen LogP contribution >= 0.6 is 0 Å². The molecule has 0 saturated heterocycles. The van der Waals surface area contributed by atoms with E-state index in [1.165, 1.54) is 0 Å². The summed E-state index contributed by atoms with van der Waals surface area (Å²) in [6, 6.07) is 14.5. The van der Waals surface area contributed by atoms with Crippen molar-refractivity contribution in [1.29, 1.82) is 0 Å². The van der Waals surface area contributed by atoms with Gasteiger partial charge in [0.2, 0.25) is 11.9 Å². The number of allylic oxidation sites excluding steroid dienone is 1. The third-order valence-electron chi connectivity index (χ3n) is 4.88. The summed E-state index contributed by atoms with van der Waals surface area (Å²) in [4.78, 5) is 16.9. The van der Waals surface area contributed by atoms with Crippen LogP contribution in [-0.2, 0) is 4.79 Å². The predicted octanol–water partition coefficient (Wildman–Crippen LogP) is 2.74. The minimum absolute atomic E-state index is 0.435. The number of fused-ring (bicyclic) bond motifs is 1. The first kappa shape index (κ1) is 18.5. The molecule has 2 heterocycles. The lowest BCUT2D eigenvalue weighted by Crippen LogP contribution is -2.31. The van der Waals surface area contributed by atoms with Gasteiger partial charge >= 0.3 is 0 Å². The molecule has 0 radical (unpaired) electrons. The van der Waals surface area contributed by atoms with Crippen molar-refractivity contribution in [2.45, 2.75) is 13.0 Å². The number of nitrogens with two attached hydrogens (primary N) is 1. The molecule has 0 fully saturated rings. The molecule has 0 bridgehead atoms. The number of primary amides is 1. The van der Waals surface area contributed by atoms with Crippen LogP contribution in [0.2, 0.25) is 0 Å². The summed E-state index contributed by atoms with van der Waals surface area (Å²) in [5.74, 6) is 1.97. The SMILES string of the molecule is COc1ccc(C2C(C(N)=O)=C(C)Nc3nc(-c4cccc(OC)c4)nn32)cc1. The summed E-state index contributed by atoms with van der Waals surface area (Å²) in [6.07, 6.45) is 0. The molecule has 1 unspecified atom stereocenters. The first-order chi connectivity index (χ1) is 14.0. The summed E-state index contributed by atoms with van der Waals surface area (Å²) in [7, 11) is 3.22. The van der Waals surface area contributed by atoms with Crippen LogP contribution in [0.4, 0.5) is 5.95 Å². The van der Waals surface area contributed by atoms with E-state index in [0.717, 1.165) is 16.9 Å². The number of carbonyl (C=O) groups is 1. The van der Waals surface area contributed by atoms with E-state index in [0.29, 0.717) is 28.8 Å². The van der Waals surface area contributed by atoms with Gasteiger partial charge in [-0.05, 0) is 36.8 Å². The quantitative estimate of drug-likeness (QED) is 0.693. The Hall–Kier alpha value is -3.81. The Morgan fingerprint density at radius 2 is 1.83 bits per heavy atom. The Labute approximate surface area is 168 Å². The van der Waals surface area contributed by atoms with E-state index < -0.39 is 11.9 Å². The van der Waals surface area contributed by atoms with Crippen LogP contribution in [0.25, 0.3) is 11.4 Å². The highest BCUT2D eigenvalue weighted by Crippen LogP contribution is 2.36. The highest BCUT2D eigenvalue weighted by atomic mass is 16.5. The molecule has 1 aliphatic heterocycles. The van der Waals surface area contributed by atoms with Crippen molar-refractivity contribution in [2.24, 2.45) is 5.73 Å². The van der Waals surface area contributed by atoms with Gasteiger partial charge in [0.15, 0.2) is 5.82 Å². The Morgan fingerprint density at radius 3 is 2.48 bits per heavy atom. The third kappa shape index (κ3) is 3.29. The summed E-state index contributed by atoms with van der Waals surface area (Å²) in [6.45, 7) is 1.81. The van der Waals surface area contributed by atoms with Crippen LogP contribution in [-0.4, -0.2) is 34.9 Å². The molecule has 1 aliphatic rings. The fourth-order valence-electron chi connectivity index (χ4n) is 3.45. The smallest absolute Gasteiger partial charge is 0.248 e. The number of ether oxygens (including phenoxy) is 2. The zero-order valence-electron chi connectivity index (χ0n) is 16.3. The predicted molar refractivity (Wildman–Crippen MR) is 109 cm³/mol. The van der Waals surface area contributed by atoms with E-state index in [1.54, 1.807) is 25.8 Å². The van der Waals surface area contributed by atoms with Gasteiger partial charge in [0.05, 0.1) is 19.8 Å². The van der Waals surface area contributed by atoms with Crippen molar-refractivity contribution in [1.82, 2.24) is 14.8 Å². The maximum atomic E-state index is 12.3. The molecule has 2 aromatic carbocycles. The Kier molecular flexibility index (Phi) is 4.67. The Balaban J connectivity index is 1.84. The van der Waals surface area contributed by atoms with Crippen LogP contribution < -0.4 is 20.5 Å². The molecule has 0 spiro atoms. The summed E-state index contributed by atoms with van der Waals surface area (Å²) in [5, 5.41) is 7.82. The fraction of sp³-hybridized carbons (Fsp3) is 0.190. The molecule has 3 aromatic rings. The number of anilines is 1. The first-order valence-corrected chi connectivity index (χ1v) is 9.04. The second-order valence-electron chi connectivity index (χ2n) is 6.64. The van der Waals surface area contributed by atoms with E-state index in [1.807, 2.05) is 48.5 Å². The van der Waals surface area contributed by atoms with Crippen molar-refractivity contribution in [2.75, 3.05) is 19.5 Å². The van der Waals surface area contributed by atoms with Crippen molar-refractivity contribution < 1.29 is 14.3 Å². The van der Waals surface area contributed by atoms with Crippen LogP contribution in [0, 0.1) is 0 Å². The van der Waals surface area contributed by atoms with Gasteiger partial charge in [-0.3, -0.25) is 4.79 Å². The van der Waals surface area contributed by atoms with E-state index in [4.69, 9.17) is 15.2 Å². The fourth-order valence-corrected chi connectivity index (χ4v) is 3.45. The number of benzene rings is 2. The Morgan fingerprint density at radius 1 is 1.10 bits per heavy atom. The van der Waals surface area contributed by atoms with Crippen LogP contribution in [0.15, 0.2) is 59.8 Å². The first-order valence-electron chi connectivity index (χ1n) is 9.04. The van der Waals surface area contributed by atoms with Crippen molar-refractivity contribution >= 4 is 11.9 Å². The van der Waals surface area contributed by atoms with Gasteiger partial charge in [-0.15, -0.1) is 5.10 Å². The maximum Gasteiger partial charge on any atom is 0.248 e. The summed E-state index contributed by atoms with van der Waals surface area (Å²) in [5.41, 5.74) is 8.45. The normalized spacial score (nSPS) is 15.5. The van der Waals surface area contributed by atoms with Crippen LogP contribution in [0.3, 0.4) is 0 Å². The van der Waals surface area contributed by atoms with Gasteiger partial charge in [-0.25, -0.2) is 4.68 Å². The molecule has 148 valence electrons. The molecule has 0 aliphatic carbocycles. The van der Waals surface area contributed by atoms with Crippen LogP contribution in [0.1, 0.15) is 18.5 Å². The van der Waals surface area contributed by atoms with E-state index >= 15 is 0 Å². The Bertz CT molecular complexity index is 1100. The second kappa shape index (κ2) is 7.31. The van der Waals surface area contributed by atoms with Gasteiger partial charge in [0, 0.05) is 11.3 Å². The molecule has 29 heavy (non-hydrogen) atoms. The number of hydrogen-bond acceptors (Lipinski definition) is 6. The molecule has 8 heteroatoms. The van der Waals surface area contributed by atoms with Crippen LogP contribution in [0.5, 0.6) is 11.5 Å².